The molecular formula is C14H23NO. The summed E-state index contributed by atoms with van der Waals surface area (Å²) >= 11 is 0. The van der Waals surface area contributed by atoms with E-state index in [0.717, 1.165) is 13.0 Å². The number of hydrogen-bond acceptors (Lipinski definition) is 2. The third-order valence-electron chi connectivity index (χ3n) is 2.52. The minimum atomic E-state index is -0.290. The van der Waals surface area contributed by atoms with Gasteiger partial charge < -0.3 is 10.4 Å². The van der Waals surface area contributed by atoms with Gasteiger partial charge in [-0.25, -0.2) is 0 Å². The molecule has 2 N–H and O–H groups in total. The van der Waals surface area contributed by atoms with Gasteiger partial charge >= 0.3 is 0 Å². The molecule has 2 heteroatoms. The number of hydrogen-bond donors (Lipinski definition) is 2. The van der Waals surface area contributed by atoms with E-state index in [1.807, 2.05) is 0 Å². The van der Waals surface area contributed by atoms with Gasteiger partial charge in [-0.3, -0.25) is 0 Å². The maximum Gasteiger partial charge on any atom is 0.0704 e. The lowest BCUT2D eigenvalue weighted by molar-refractivity contribution is 0.170. The van der Waals surface area contributed by atoms with Gasteiger partial charge in [-0.05, 0) is 31.4 Å². The Morgan fingerprint density at radius 2 is 1.75 bits per heavy atom. The van der Waals surface area contributed by atoms with Crippen LogP contribution in [0.5, 0.6) is 0 Å². The van der Waals surface area contributed by atoms with Gasteiger partial charge in [-0.1, -0.05) is 43.7 Å². The fourth-order valence-electron chi connectivity index (χ4n) is 1.61. The molecule has 0 aliphatic rings. The van der Waals surface area contributed by atoms with Crippen molar-refractivity contribution in [3.05, 3.63) is 35.4 Å². The van der Waals surface area contributed by atoms with Crippen molar-refractivity contribution in [3.63, 3.8) is 0 Å². The van der Waals surface area contributed by atoms with Gasteiger partial charge in [0.05, 0.1) is 6.10 Å². The van der Waals surface area contributed by atoms with Crippen LogP contribution in [-0.2, 0) is 6.42 Å². The molecule has 0 radical (unpaired) electrons. The molecule has 0 heterocycles. The summed E-state index contributed by atoms with van der Waals surface area (Å²) in [5.74, 6) is 0.631. The molecule has 1 aromatic rings. The highest BCUT2D eigenvalue weighted by Gasteiger charge is 2.05. The second-order valence-corrected chi connectivity index (χ2v) is 4.90. The summed E-state index contributed by atoms with van der Waals surface area (Å²) in [4.78, 5) is 0. The first kappa shape index (κ1) is 13.2. The lowest BCUT2D eigenvalue weighted by Gasteiger charge is -2.13. The summed E-state index contributed by atoms with van der Waals surface area (Å²) in [5.41, 5.74) is 2.46. The van der Waals surface area contributed by atoms with E-state index in [1.165, 1.54) is 11.1 Å². The Labute approximate surface area is 98.7 Å². The molecule has 0 fully saturated rings. The summed E-state index contributed by atoms with van der Waals surface area (Å²) in [5, 5.41) is 13.1. The van der Waals surface area contributed by atoms with E-state index in [9.17, 15) is 5.11 Å². The van der Waals surface area contributed by atoms with E-state index in [1.54, 1.807) is 0 Å². The molecule has 1 atom stereocenters. The number of nitrogens with one attached hydrogen (secondary N) is 1. The highest BCUT2D eigenvalue weighted by atomic mass is 16.3. The zero-order valence-corrected chi connectivity index (χ0v) is 10.5. The first-order valence-corrected chi connectivity index (χ1v) is 6.02. The van der Waals surface area contributed by atoms with Crippen molar-refractivity contribution >= 4 is 0 Å². The van der Waals surface area contributed by atoms with E-state index < -0.39 is 0 Å². The lowest BCUT2D eigenvalue weighted by Crippen LogP contribution is -2.30. The standard InChI is InChI=1S/C14H23NO/c1-11(2)9-15-10-14(16)8-13-6-4-12(3)5-7-13/h4-7,11,14-16H,8-10H2,1-3H3. The molecule has 0 bridgehead atoms. The van der Waals surface area contributed by atoms with Gasteiger partial charge in [-0.2, -0.15) is 0 Å². The lowest BCUT2D eigenvalue weighted by atomic mass is 10.1. The van der Waals surface area contributed by atoms with Crippen LogP contribution in [0.4, 0.5) is 0 Å². The number of aliphatic hydroxyl groups is 1. The van der Waals surface area contributed by atoms with Crippen molar-refractivity contribution in [1.82, 2.24) is 5.32 Å². The van der Waals surface area contributed by atoms with Crippen LogP contribution in [0.1, 0.15) is 25.0 Å². The Hall–Kier alpha value is -0.860. The van der Waals surface area contributed by atoms with Crippen molar-refractivity contribution in [2.75, 3.05) is 13.1 Å². The van der Waals surface area contributed by atoms with Crippen LogP contribution in [-0.4, -0.2) is 24.3 Å². The second-order valence-electron chi connectivity index (χ2n) is 4.90. The Balaban J connectivity index is 2.28. The normalized spacial score (nSPS) is 13.1. The Bertz CT molecular complexity index is 292. The highest BCUT2D eigenvalue weighted by Crippen LogP contribution is 2.05. The Kier molecular flexibility index (Phi) is 5.50. The van der Waals surface area contributed by atoms with Crippen LogP contribution in [0.25, 0.3) is 0 Å². The molecule has 0 saturated carbocycles. The summed E-state index contributed by atoms with van der Waals surface area (Å²) in [6, 6.07) is 8.34. The molecule has 0 aliphatic heterocycles. The molecule has 2 nitrogen and oxygen atoms in total. The SMILES string of the molecule is Cc1ccc(CC(O)CNCC(C)C)cc1. The molecule has 90 valence electrons. The number of aliphatic hydroxyl groups excluding tert-OH is 1. The molecule has 16 heavy (non-hydrogen) atoms. The third kappa shape index (κ3) is 5.29. The second kappa shape index (κ2) is 6.66. The molecule has 1 unspecified atom stereocenters. The fourth-order valence-corrected chi connectivity index (χ4v) is 1.61. The molecule has 1 rings (SSSR count). The maximum atomic E-state index is 9.82. The highest BCUT2D eigenvalue weighted by molar-refractivity contribution is 5.21. The molecule has 0 amide bonds. The van der Waals surface area contributed by atoms with E-state index >= 15 is 0 Å². The van der Waals surface area contributed by atoms with Crippen molar-refractivity contribution in [2.45, 2.75) is 33.3 Å². The van der Waals surface area contributed by atoms with Crippen molar-refractivity contribution in [3.8, 4) is 0 Å². The van der Waals surface area contributed by atoms with Crippen LogP contribution in [0.15, 0.2) is 24.3 Å². The topological polar surface area (TPSA) is 32.3 Å². The summed E-state index contributed by atoms with van der Waals surface area (Å²) < 4.78 is 0. The van der Waals surface area contributed by atoms with Gasteiger partial charge in [0.25, 0.3) is 0 Å². The first-order valence-electron chi connectivity index (χ1n) is 6.02. The minimum absolute atomic E-state index is 0.290. The predicted octanol–water partition coefficient (Wildman–Crippen LogP) is 2.14. The molecule has 0 aliphatic carbocycles. The average molecular weight is 221 g/mol. The number of aryl methyl sites for hydroxylation is 1. The smallest absolute Gasteiger partial charge is 0.0704 e. The van der Waals surface area contributed by atoms with Crippen LogP contribution in [0, 0.1) is 12.8 Å². The summed E-state index contributed by atoms with van der Waals surface area (Å²) in [6.45, 7) is 8.04. The first-order chi connectivity index (χ1) is 7.58. The Morgan fingerprint density at radius 3 is 2.31 bits per heavy atom. The van der Waals surface area contributed by atoms with Gasteiger partial charge in [0.1, 0.15) is 0 Å². The van der Waals surface area contributed by atoms with Gasteiger partial charge in [0.15, 0.2) is 0 Å². The molecule has 0 aromatic heterocycles. The molecule has 0 spiro atoms. The van der Waals surface area contributed by atoms with Crippen molar-refractivity contribution in [1.29, 1.82) is 0 Å². The zero-order chi connectivity index (χ0) is 12.0. The third-order valence-corrected chi connectivity index (χ3v) is 2.52. The van der Waals surface area contributed by atoms with Gasteiger partial charge in [-0.15, -0.1) is 0 Å². The summed E-state index contributed by atoms with van der Waals surface area (Å²) in [7, 11) is 0. The van der Waals surface area contributed by atoms with Crippen LogP contribution in [0.2, 0.25) is 0 Å². The average Bonchev–Trinajstić information content (AvgIpc) is 2.21. The zero-order valence-electron chi connectivity index (χ0n) is 10.5. The predicted molar refractivity (Wildman–Crippen MR) is 68.6 cm³/mol. The molecule has 0 saturated heterocycles. The van der Waals surface area contributed by atoms with Crippen LogP contribution >= 0.6 is 0 Å². The van der Waals surface area contributed by atoms with Gasteiger partial charge in [0.2, 0.25) is 0 Å². The van der Waals surface area contributed by atoms with E-state index in [2.05, 4.69) is 50.4 Å². The van der Waals surface area contributed by atoms with E-state index in [4.69, 9.17) is 0 Å². The Morgan fingerprint density at radius 1 is 1.12 bits per heavy atom. The summed E-state index contributed by atoms with van der Waals surface area (Å²) in [6.07, 6.45) is 0.437. The minimum Gasteiger partial charge on any atom is -0.391 e. The van der Waals surface area contributed by atoms with Crippen molar-refractivity contribution < 1.29 is 5.11 Å². The molecular weight excluding hydrogens is 198 g/mol. The van der Waals surface area contributed by atoms with E-state index in [-0.39, 0.29) is 6.10 Å². The van der Waals surface area contributed by atoms with E-state index in [0.29, 0.717) is 12.5 Å². The van der Waals surface area contributed by atoms with Gasteiger partial charge in [0, 0.05) is 6.54 Å². The number of rotatable bonds is 6. The molecule has 1 aromatic carbocycles. The van der Waals surface area contributed by atoms with Crippen molar-refractivity contribution in [2.24, 2.45) is 5.92 Å². The quantitative estimate of drug-likeness (QED) is 0.771. The van der Waals surface area contributed by atoms with Crippen LogP contribution in [0.3, 0.4) is 0 Å². The fraction of sp³-hybridized carbons (Fsp3) is 0.571. The maximum absolute atomic E-state index is 9.82. The largest absolute Gasteiger partial charge is 0.391 e. The monoisotopic (exact) mass is 221 g/mol. The number of benzene rings is 1. The van der Waals surface area contributed by atoms with Crippen LogP contribution < -0.4 is 5.32 Å².